The van der Waals surface area contributed by atoms with E-state index in [9.17, 15) is 0 Å². The van der Waals surface area contributed by atoms with Crippen LogP contribution in [0.3, 0.4) is 0 Å². The van der Waals surface area contributed by atoms with Crippen molar-refractivity contribution in [3.05, 3.63) is 106 Å². The normalized spacial score (nSPS) is 18.1. The minimum Gasteiger partial charge on any atom is -0.0945 e. The van der Waals surface area contributed by atoms with Crippen molar-refractivity contribution in [3.63, 3.8) is 0 Å². The molecule has 0 spiro atoms. The van der Waals surface area contributed by atoms with E-state index in [0.717, 1.165) is 30.7 Å². The van der Waals surface area contributed by atoms with E-state index in [-0.39, 0.29) is 0 Å². The van der Waals surface area contributed by atoms with Crippen molar-refractivity contribution in [2.75, 3.05) is 0 Å². The lowest BCUT2D eigenvalue weighted by molar-refractivity contribution is 0.315. The van der Waals surface area contributed by atoms with Gasteiger partial charge in [0.15, 0.2) is 0 Å². The molecule has 0 heteroatoms. The highest BCUT2D eigenvalue weighted by Crippen LogP contribution is 2.31. The van der Waals surface area contributed by atoms with Gasteiger partial charge in [-0.3, -0.25) is 0 Å². The van der Waals surface area contributed by atoms with Crippen LogP contribution in [0.25, 0.3) is 0 Å². The number of aryl methyl sites for hydroxylation is 2. The van der Waals surface area contributed by atoms with Crippen molar-refractivity contribution in [2.24, 2.45) is 11.8 Å². The Hall–Kier alpha value is -2.78. The van der Waals surface area contributed by atoms with Crippen LogP contribution in [0.1, 0.15) is 72.9 Å². The fraction of sp³-hybridized carbons (Fsp3) is 0.375. The van der Waals surface area contributed by atoms with Crippen molar-refractivity contribution in [1.82, 2.24) is 0 Å². The van der Waals surface area contributed by atoms with Crippen LogP contribution in [-0.4, -0.2) is 0 Å². The summed E-state index contributed by atoms with van der Waals surface area (Å²) in [6.45, 7) is 4.42. The van der Waals surface area contributed by atoms with E-state index < -0.39 is 0 Å². The van der Waals surface area contributed by atoms with Crippen LogP contribution in [0.2, 0.25) is 0 Å². The van der Waals surface area contributed by atoms with Crippen molar-refractivity contribution >= 4 is 0 Å². The molecule has 1 aliphatic rings. The third-order valence-corrected chi connectivity index (χ3v) is 7.02. The molecule has 1 saturated carbocycles. The molecule has 0 saturated heterocycles. The zero-order valence-electron chi connectivity index (χ0n) is 19.7. The summed E-state index contributed by atoms with van der Waals surface area (Å²) in [7, 11) is 0. The standard InChI is InChI=1S/C32H36/c1-3-25-5-15-29(16-6-25)23-31-19-11-27(12-20-31)9-10-28-13-21-32(22-14-28)24-30-17-7-26(4-2)8-18-30/h5-8,11-12,15-20,28,32H,3-4,13-14,21-24H2,1-2H3. The zero-order chi connectivity index (χ0) is 22.2. The molecule has 4 rings (SSSR count). The zero-order valence-corrected chi connectivity index (χ0v) is 19.7. The molecule has 0 radical (unpaired) electrons. The molecule has 1 aliphatic carbocycles. The Kier molecular flexibility index (Phi) is 7.84. The van der Waals surface area contributed by atoms with Crippen LogP contribution in [0.4, 0.5) is 0 Å². The average Bonchev–Trinajstić information content (AvgIpc) is 2.85. The molecule has 0 N–H and O–H groups in total. The van der Waals surface area contributed by atoms with E-state index in [1.807, 2.05) is 0 Å². The molecule has 1 fully saturated rings. The van der Waals surface area contributed by atoms with Crippen molar-refractivity contribution < 1.29 is 0 Å². The highest BCUT2D eigenvalue weighted by Gasteiger charge is 2.20. The fourth-order valence-corrected chi connectivity index (χ4v) is 4.78. The van der Waals surface area contributed by atoms with Crippen LogP contribution >= 0.6 is 0 Å². The maximum absolute atomic E-state index is 3.57. The molecule has 0 atom stereocenters. The summed E-state index contributed by atoms with van der Waals surface area (Å²) in [5, 5.41) is 0. The van der Waals surface area contributed by atoms with E-state index in [1.54, 1.807) is 0 Å². The highest BCUT2D eigenvalue weighted by molar-refractivity contribution is 5.38. The van der Waals surface area contributed by atoms with Crippen molar-refractivity contribution in [1.29, 1.82) is 0 Å². The Balaban J connectivity index is 1.25. The molecule has 3 aromatic rings. The first-order valence-electron chi connectivity index (χ1n) is 12.5. The van der Waals surface area contributed by atoms with Crippen LogP contribution in [0.15, 0.2) is 72.8 Å². The minimum absolute atomic E-state index is 0.561. The first-order valence-corrected chi connectivity index (χ1v) is 12.5. The number of hydrogen-bond donors (Lipinski definition) is 0. The summed E-state index contributed by atoms with van der Waals surface area (Å²) in [5.74, 6) is 8.40. The molecule has 164 valence electrons. The van der Waals surface area contributed by atoms with Gasteiger partial charge in [0.2, 0.25) is 0 Å². The van der Waals surface area contributed by atoms with E-state index >= 15 is 0 Å². The number of hydrogen-bond acceptors (Lipinski definition) is 0. The molecule has 0 aromatic heterocycles. The van der Waals surface area contributed by atoms with Gasteiger partial charge >= 0.3 is 0 Å². The second-order valence-corrected chi connectivity index (χ2v) is 9.40. The monoisotopic (exact) mass is 420 g/mol. The summed E-state index contributed by atoms with van der Waals surface area (Å²) in [6, 6.07) is 27.1. The van der Waals surface area contributed by atoms with Gasteiger partial charge in [0, 0.05) is 11.5 Å². The largest absolute Gasteiger partial charge is 0.0945 e. The molecule has 0 heterocycles. The van der Waals surface area contributed by atoms with Gasteiger partial charge < -0.3 is 0 Å². The van der Waals surface area contributed by atoms with E-state index in [2.05, 4.69) is 98.5 Å². The van der Waals surface area contributed by atoms with Crippen LogP contribution in [0.5, 0.6) is 0 Å². The molecule has 0 aliphatic heterocycles. The van der Waals surface area contributed by atoms with Gasteiger partial charge in [-0.05, 0) is 97.2 Å². The summed E-state index contributed by atoms with van der Waals surface area (Å²) in [5.41, 5.74) is 8.21. The van der Waals surface area contributed by atoms with E-state index in [1.165, 1.54) is 59.9 Å². The molecule has 0 unspecified atom stereocenters. The molecule has 0 amide bonds. The molecular weight excluding hydrogens is 384 g/mol. The Morgan fingerprint density at radius 2 is 1.06 bits per heavy atom. The first-order chi connectivity index (χ1) is 15.7. The molecule has 32 heavy (non-hydrogen) atoms. The molecular formula is C32H36. The Bertz CT molecular complexity index is 1020. The molecule has 0 bridgehead atoms. The summed E-state index contributed by atoms with van der Waals surface area (Å²) < 4.78 is 0. The van der Waals surface area contributed by atoms with Crippen LogP contribution < -0.4 is 0 Å². The van der Waals surface area contributed by atoms with Crippen molar-refractivity contribution in [3.8, 4) is 11.8 Å². The maximum atomic E-state index is 3.57. The lowest BCUT2D eigenvalue weighted by Gasteiger charge is -2.25. The molecule has 0 nitrogen and oxygen atoms in total. The van der Waals surface area contributed by atoms with Crippen LogP contribution in [0, 0.1) is 23.7 Å². The van der Waals surface area contributed by atoms with Crippen LogP contribution in [-0.2, 0) is 25.7 Å². The smallest absolute Gasteiger partial charge is 0.0245 e. The average molecular weight is 421 g/mol. The van der Waals surface area contributed by atoms with E-state index in [0.29, 0.717) is 5.92 Å². The SMILES string of the molecule is CCc1ccc(Cc2ccc(C#CC3CCC(Cc4ccc(CC)cc4)CC3)cc2)cc1. The first kappa shape index (κ1) is 22.4. The Morgan fingerprint density at radius 3 is 1.59 bits per heavy atom. The number of rotatable bonds is 6. The predicted molar refractivity (Wildman–Crippen MR) is 137 cm³/mol. The van der Waals surface area contributed by atoms with Gasteiger partial charge in [-0.25, -0.2) is 0 Å². The Morgan fingerprint density at radius 1 is 0.594 bits per heavy atom. The lowest BCUT2D eigenvalue weighted by Crippen LogP contribution is -2.15. The van der Waals surface area contributed by atoms with Gasteiger partial charge in [0.25, 0.3) is 0 Å². The summed E-state index contributed by atoms with van der Waals surface area (Å²) in [6.07, 6.45) is 9.56. The van der Waals surface area contributed by atoms with Gasteiger partial charge in [-0.1, -0.05) is 86.4 Å². The topological polar surface area (TPSA) is 0 Å². The lowest BCUT2D eigenvalue weighted by atomic mass is 9.79. The highest BCUT2D eigenvalue weighted by atomic mass is 14.2. The second-order valence-electron chi connectivity index (χ2n) is 9.40. The minimum atomic E-state index is 0.561. The van der Waals surface area contributed by atoms with Gasteiger partial charge in [0.1, 0.15) is 0 Å². The summed E-state index contributed by atoms with van der Waals surface area (Å²) in [4.78, 5) is 0. The predicted octanol–water partition coefficient (Wildman–Crippen LogP) is 7.80. The third kappa shape index (κ3) is 6.37. The van der Waals surface area contributed by atoms with Gasteiger partial charge in [0.05, 0.1) is 0 Å². The quantitative estimate of drug-likeness (QED) is 0.357. The van der Waals surface area contributed by atoms with Crippen molar-refractivity contribution in [2.45, 2.75) is 65.2 Å². The summed E-state index contributed by atoms with van der Waals surface area (Å²) >= 11 is 0. The fourth-order valence-electron chi connectivity index (χ4n) is 4.78. The maximum Gasteiger partial charge on any atom is 0.0245 e. The van der Waals surface area contributed by atoms with E-state index in [4.69, 9.17) is 0 Å². The third-order valence-electron chi connectivity index (χ3n) is 7.02. The van der Waals surface area contributed by atoms with Gasteiger partial charge in [-0.15, -0.1) is 0 Å². The second kappa shape index (κ2) is 11.2. The molecule has 3 aromatic carbocycles. The Labute approximate surface area is 195 Å². The number of benzene rings is 3. The van der Waals surface area contributed by atoms with Gasteiger partial charge in [-0.2, -0.15) is 0 Å².